The molecule has 2 aliphatic rings. The Labute approximate surface area is 202 Å². The molecule has 4 rings (SSSR count). The second-order valence-electron chi connectivity index (χ2n) is 8.21. The number of ketones is 1. The number of nitrogens with zero attached hydrogens (tertiary/aromatic N) is 1. The van der Waals surface area contributed by atoms with E-state index in [1.54, 1.807) is 17.0 Å². The minimum atomic E-state index is -0.813. The molecular weight excluding hydrogens is 465 g/mol. The molecule has 2 fully saturated rings. The van der Waals surface area contributed by atoms with Gasteiger partial charge in [0, 0.05) is 16.6 Å². The van der Waals surface area contributed by atoms with Gasteiger partial charge in [0.2, 0.25) is 0 Å². The van der Waals surface area contributed by atoms with E-state index in [1.807, 2.05) is 12.1 Å². The first-order chi connectivity index (χ1) is 15.9. The number of para-hydroxylation sites is 1. The van der Waals surface area contributed by atoms with Gasteiger partial charge in [-0.05, 0) is 31.0 Å². The maximum Gasteiger partial charge on any atom is 0.295 e. The average Bonchev–Trinajstić information content (AvgIpc) is 3.09. The Hall–Kier alpha value is -2.70. The number of amides is 1. The molecular formula is C25H25Cl2NO5. The number of rotatable bonds is 5. The summed E-state index contributed by atoms with van der Waals surface area (Å²) in [7, 11) is 2.94. The molecule has 1 heterocycles. The summed E-state index contributed by atoms with van der Waals surface area (Å²) in [5, 5.41) is 11.9. The molecule has 0 aromatic heterocycles. The number of carbonyl (C=O) groups is 2. The van der Waals surface area contributed by atoms with E-state index in [9.17, 15) is 14.7 Å². The second kappa shape index (κ2) is 9.65. The van der Waals surface area contributed by atoms with Crippen LogP contribution in [-0.2, 0) is 9.59 Å². The van der Waals surface area contributed by atoms with Crippen LogP contribution in [0.15, 0.2) is 42.0 Å². The normalized spacial score (nSPS) is 20.8. The van der Waals surface area contributed by atoms with E-state index in [0.29, 0.717) is 11.3 Å². The van der Waals surface area contributed by atoms with Crippen LogP contribution < -0.4 is 9.47 Å². The Bertz CT molecular complexity index is 1120. The molecule has 1 unspecified atom stereocenters. The molecule has 1 aliphatic carbocycles. The van der Waals surface area contributed by atoms with Gasteiger partial charge in [-0.3, -0.25) is 9.59 Å². The van der Waals surface area contributed by atoms with E-state index >= 15 is 0 Å². The highest BCUT2D eigenvalue weighted by molar-refractivity contribution is 6.47. The van der Waals surface area contributed by atoms with Crippen LogP contribution in [0.3, 0.4) is 0 Å². The zero-order valence-electron chi connectivity index (χ0n) is 18.4. The first-order valence-corrected chi connectivity index (χ1v) is 11.6. The predicted molar refractivity (Wildman–Crippen MR) is 127 cm³/mol. The quantitative estimate of drug-likeness (QED) is 0.328. The van der Waals surface area contributed by atoms with Crippen LogP contribution in [0.25, 0.3) is 5.76 Å². The molecule has 1 aliphatic heterocycles. The first kappa shape index (κ1) is 23.5. The van der Waals surface area contributed by atoms with E-state index in [2.05, 4.69) is 0 Å². The molecule has 6 nitrogen and oxygen atoms in total. The number of likely N-dealkylation sites (tertiary alicyclic amines) is 1. The third-order valence-corrected chi connectivity index (χ3v) is 6.85. The topological polar surface area (TPSA) is 76.1 Å². The van der Waals surface area contributed by atoms with Crippen molar-refractivity contribution >= 4 is 40.7 Å². The maximum absolute atomic E-state index is 13.4. The van der Waals surface area contributed by atoms with Gasteiger partial charge in [0.15, 0.2) is 0 Å². The van der Waals surface area contributed by atoms with Crippen LogP contribution in [0.2, 0.25) is 10.0 Å². The van der Waals surface area contributed by atoms with Crippen molar-refractivity contribution in [2.45, 2.75) is 44.2 Å². The lowest BCUT2D eigenvalue weighted by atomic mass is 9.90. The summed E-state index contributed by atoms with van der Waals surface area (Å²) in [4.78, 5) is 28.3. The molecule has 174 valence electrons. The van der Waals surface area contributed by atoms with Crippen LogP contribution in [0.5, 0.6) is 11.5 Å². The number of hydrogen-bond donors (Lipinski definition) is 1. The van der Waals surface area contributed by atoms with Crippen molar-refractivity contribution in [3.05, 3.63) is 63.1 Å². The minimum absolute atomic E-state index is 0.0355. The number of aliphatic hydroxyl groups excluding tert-OH is 1. The summed E-state index contributed by atoms with van der Waals surface area (Å²) in [6.07, 6.45) is 4.64. The Morgan fingerprint density at radius 1 is 1.03 bits per heavy atom. The number of aliphatic hydroxyl groups is 1. The van der Waals surface area contributed by atoms with Crippen molar-refractivity contribution in [2.75, 3.05) is 14.2 Å². The van der Waals surface area contributed by atoms with Gasteiger partial charge in [-0.15, -0.1) is 0 Å². The van der Waals surface area contributed by atoms with Gasteiger partial charge in [0.05, 0.1) is 36.4 Å². The molecule has 2 aromatic rings. The highest BCUT2D eigenvalue weighted by Gasteiger charge is 2.50. The van der Waals surface area contributed by atoms with E-state index < -0.39 is 17.7 Å². The number of methoxy groups -OCH3 is 2. The SMILES string of the molecule is COc1ccccc1C1/C(=C(\O)c2cc(Cl)cc(Cl)c2OC)C(=O)C(=O)N1C1CCCCC1. The Kier molecular flexibility index (Phi) is 6.86. The largest absolute Gasteiger partial charge is 0.507 e. The molecule has 0 spiro atoms. The summed E-state index contributed by atoms with van der Waals surface area (Å²) in [6, 6.07) is 9.23. The van der Waals surface area contributed by atoms with Crippen molar-refractivity contribution in [1.29, 1.82) is 0 Å². The third kappa shape index (κ3) is 4.18. The zero-order chi connectivity index (χ0) is 23.7. The van der Waals surface area contributed by atoms with E-state index in [1.165, 1.54) is 26.4 Å². The number of ether oxygens (including phenoxy) is 2. The summed E-state index contributed by atoms with van der Waals surface area (Å²) >= 11 is 12.5. The van der Waals surface area contributed by atoms with Crippen molar-refractivity contribution < 1.29 is 24.2 Å². The van der Waals surface area contributed by atoms with E-state index in [4.69, 9.17) is 32.7 Å². The van der Waals surface area contributed by atoms with Gasteiger partial charge in [-0.2, -0.15) is 0 Å². The first-order valence-electron chi connectivity index (χ1n) is 10.9. The van der Waals surface area contributed by atoms with Gasteiger partial charge in [0.25, 0.3) is 11.7 Å². The Morgan fingerprint density at radius 3 is 2.39 bits per heavy atom. The van der Waals surface area contributed by atoms with Gasteiger partial charge in [0.1, 0.15) is 17.3 Å². The van der Waals surface area contributed by atoms with Crippen molar-refractivity contribution in [3.8, 4) is 11.5 Å². The van der Waals surface area contributed by atoms with E-state index in [-0.39, 0.29) is 38.7 Å². The predicted octanol–water partition coefficient (Wildman–Crippen LogP) is 5.77. The molecule has 0 radical (unpaired) electrons. The lowest BCUT2D eigenvalue weighted by Crippen LogP contribution is -2.40. The highest BCUT2D eigenvalue weighted by Crippen LogP contribution is 2.47. The molecule has 1 atom stereocenters. The van der Waals surface area contributed by atoms with Crippen molar-refractivity contribution in [2.24, 2.45) is 0 Å². The average molecular weight is 490 g/mol. The van der Waals surface area contributed by atoms with Crippen molar-refractivity contribution in [1.82, 2.24) is 4.90 Å². The van der Waals surface area contributed by atoms with Gasteiger partial charge in [-0.1, -0.05) is 60.7 Å². The number of carbonyl (C=O) groups excluding carboxylic acids is 2. The van der Waals surface area contributed by atoms with Crippen LogP contribution in [-0.4, -0.2) is 42.0 Å². The second-order valence-corrected chi connectivity index (χ2v) is 9.05. The molecule has 1 amide bonds. The third-order valence-electron chi connectivity index (χ3n) is 6.35. The molecule has 1 N–H and O–H groups in total. The molecule has 1 saturated carbocycles. The number of hydrogen-bond acceptors (Lipinski definition) is 5. The lowest BCUT2D eigenvalue weighted by Gasteiger charge is -2.35. The summed E-state index contributed by atoms with van der Waals surface area (Å²) in [6.45, 7) is 0. The minimum Gasteiger partial charge on any atom is -0.507 e. The molecule has 0 bridgehead atoms. The highest BCUT2D eigenvalue weighted by atomic mass is 35.5. The Morgan fingerprint density at radius 2 is 1.73 bits per heavy atom. The number of halogens is 2. The summed E-state index contributed by atoms with van der Waals surface area (Å²) in [5.74, 6) is -1.09. The number of Topliss-reactive ketones (excluding diaryl/α,β-unsaturated/α-hetero) is 1. The van der Waals surface area contributed by atoms with Crippen LogP contribution in [0.1, 0.15) is 49.3 Å². The maximum atomic E-state index is 13.4. The fraction of sp³-hybridized carbons (Fsp3) is 0.360. The molecule has 1 saturated heterocycles. The summed E-state index contributed by atoms with van der Waals surface area (Å²) < 4.78 is 10.9. The van der Waals surface area contributed by atoms with Gasteiger partial charge < -0.3 is 19.5 Å². The monoisotopic (exact) mass is 489 g/mol. The zero-order valence-corrected chi connectivity index (χ0v) is 19.9. The number of benzene rings is 2. The van der Waals surface area contributed by atoms with E-state index in [0.717, 1.165) is 32.1 Å². The van der Waals surface area contributed by atoms with Gasteiger partial charge in [-0.25, -0.2) is 0 Å². The Balaban J connectivity index is 1.97. The van der Waals surface area contributed by atoms with Gasteiger partial charge >= 0.3 is 0 Å². The lowest BCUT2D eigenvalue weighted by molar-refractivity contribution is -0.141. The molecule has 2 aromatic carbocycles. The fourth-order valence-electron chi connectivity index (χ4n) is 4.87. The van der Waals surface area contributed by atoms with Crippen LogP contribution >= 0.6 is 23.2 Å². The standard InChI is InChI=1S/C25H25Cl2NO5/c1-32-19-11-7-6-10-16(19)21-20(22(29)17-12-14(26)13-18(27)24(17)33-2)23(30)25(31)28(21)15-8-4-3-5-9-15/h6-7,10-13,15,21,29H,3-5,8-9H2,1-2H3/b22-20+. The molecule has 8 heteroatoms. The fourth-order valence-corrected chi connectivity index (χ4v) is 5.44. The summed E-state index contributed by atoms with van der Waals surface area (Å²) in [5.41, 5.74) is 0.738. The van der Waals surface area contributed by atoms with Crippen LogP contribution in [0, 0.1) is 0 Å². The van der Waals surface area contributed by atoms with Crippen LogP contribution in [0.4, 0.5) is 0 Å². The smallest absolute Gasteiger partial charge is 0.295 e. The molecule has 33 heavy (non-hydrogen) atoms. The van der Waals surface area contributed by atoms with Crippen molar-refractivity contribution in [3.63, 3.8) is 0 Å².